The summed E-state index contributed by atoms with van der Waals surface area (Å²) in [5.74, 6) is -0.644. The Hall–Kier alpha value is -2.47. The van der Waals surface area contributed by atoms with Crippen molar-refractivity contribution in [3.63, 3.8) is 0 Å². The molecule has 2 aromatic carbocycles. The Labute approximate surface area is 154 Å². The van der Waals surface area contributed by atoms with Gasteiger partial charge < -0.3 is 0 Å². The van der Waals surface area contributed by atoms with Gasteiger partial charge in [-0.3, -0.25) is 0 Å². The van der Waals surface area contributed by atoms with E-state index in [2.05, 4.69) is 15.4 Å². The molecule has 0 saturated carbocycles. The SMILES string of the molecule is CC(=O)N=c1[se]c(C(=O)Nc2ccccc2)nn1-c1ccc(Cl)cc1. The summed E-state index contributed by atoms with van der Waals surface area (Å²) < 4.78 is 2.31. The maximum atomic E-state index is 12.5. The van der Waals surface area contributed by atoms with Crippen LogP contribution in [0.3, 0.4) is 0 Å². The maximum absolute atomic E-state index is 12.5. The molecule has 0 aliphatic heterocycles. The molecule has 1 N–H and O–H groups in total. The standard InChI is InChI=1S/C17H13ClN4O2Se/c1-11(23)19-17-22(14-9-7-12(18)8-10-14)21-16(25-17)15(24)20-13-5-3-2-4-6-13/h2-10H,1H3,(H,20,24). The number of halogens is 1. The van der Waals surface area contributed by atoms with Crippen LogP contribution in [0.2, 0.25) is 5.02 Å². The zero-order valence-corrected chi connectivity index (χ0v) is 15.6. The molecule has 0 spiro atoms. The van der Waals surface area contributed by atoms with E-state index in [0.717, 1.165) is 0 Å². The number of hydrogen-bond acceptors (Lipinski definition) is 3. The number of anilines is 1. The molecule has 3 rings (SSSR count). The molecule has 6 nitrogen and oxygen atoms in total. The Kier molecular flexibility index (Phi) is 5.28. The fraction of sp³-hybridized carbons (Fsp3) is 0.0588. The number of amides is 2. The number of nitrogens with zero attached hydrogens (tertiary/aromatic N) is 3. The predicted octanol–water partition coefficient (Wildman–Crippen LogP) is 2.28. The van der Waals surface area contributed by atoms with Gasteiger partial charge in [-0.2, -0.15) is 0 Å². The van der Waals surface area contributed by atoms with E-state index in [1.165, 1.54) is 11.6 Å². The van der Waals surface area contributed by atoms with Gasteiger partial charge >= 0.3 is 154 Å². The van der Waals surface area contributed by atoms with Crippen LogP contribution in [0.25, 0.3) is 5.69 Å². The number of hydrogen-bond donors (Lipinski definition) is 1. The van der Waals surface area contributed by atoms with Crippen molar-refractivity contribution in [3.05, 3.63) is 68.5 Å². The topological polar surface area (TPSA) is 76.3 Å². The zero-order chi connectivity index (χ0) is 17.8. The van der Waals surface area contributed by atoms with Crippen molar-refractivity contribution in [1.29, 1.82) is 0 Å². The molecule has 8 heteroatoms. The molecule has 0 aliphatic carbocycles. The summed E-state index contributed by atoms with van der Waals surface area (Å²) in [4.78, 5) is 27.9. The van der Waals surface area contributed by atoms with E-state index in [-0.39, 0.29) is 11.8 Å². The quantitative estimate of drug-likeness (QED) is 0.662. The molecule has 0 atom stereocenters. The first-order valence-electron chi connectivity index (χ1n) is 7.31. The van der Waals surface area contributed by atoms with Crippen molar-refractivity contribution in [2.45, 2.75) is 6.92 Å². The Morgan fingerprint density at radius 2 is 1.80 bits per heavy atom. The van der Waals surface area contributed by atoms with Crippen LogP contribution in [0.5, 0.6) is 0 Å². The Morgan fingerprint density at radius 3 is 2.44 bits per heavy atom. The third-order valence-electron chi connectivity index (χ3n) is 3.11. The summed E-state index contributed by atoms with van der Waals surface area (Å²) >= 11 is 5.43. The van der Waals surface area contributed by atoms with Gasteiger partial charge in [-0.25, -0.2) is 0 Å². The van der Waals surface area contributed by atoms with Crippen molar-refractivity contribution in [3.8, 4) is 5.69 Å². The minimum atomic E-state index is -0.482. The van der Waals surface area contributed by atoms with Crippen molar-refractivity contribution < 1.29 is 9.59 Å². The van der Waals surface area contributed by atoms with Gasteiger partial charge in [0.05, 0.1) is 0 Å². The van der Waals surface area contributed by atoms with Gasteiger partial charge in [0, 0.05) is 0 Å². The third kappa shape index (κ3) is 4.33. The Morgan fingerprint density at radius 1 is 1.12 bits per heavy atom. The van der Waals surface area contributed by atoms with E-state index in [1.54, 1.807) is 36.4 Å². The van der Waals surface area contributed by atoms with E-state index >= 15 is 0 Å². The summed E-state index contributed by atoms with van der Waals surface area (Å²) in [6.07, 6.45) is 0. The number of carbonyl (C=O) groups excluding carboxylic acids is 2. The van der Waals surface area contributed by atoms with E-state index in [4.69, 9.17) is 11.6 Å². The number of nitrogens with one attached hydrogen (secondary N) is 1. The number of benzene rings is 2. The van der Waals surface area contributed by atoms with Gasteiger partial charge in [-0.15, -0.1) is 0 Å². The Balaban J connectivity index is 2.00. The second kappa shape index (κ2) is 7.61. The first-order valence-corrected chi connectivity index (χ1v) is 9.40. The second-order valence-corrected chi connectivity index (χ2v) is 7.47. The van der Waals surface area contributed by atoms with E-state index in [0.29, 0.717) is 25.3 Å². The first kappa shape index (κ1) is 17.4. The molecule has 0 bridgehead atoms. The molecule has 126 valence electrons. The van der Waals surface area contributed by atoms with E-state index < -0.39 is 14.5 Å². The van der Waals surface area contributed by atoms with E-state index in [9.17, 15) is 9.59 Å². The first-order chi connectivity index (χ1) is 12.0. The van der Waals surface area contributed by atoms with Gasteiger partial charge in [-0.1, -0.05) is 0 Å². The predicted molar refractivity (Wildman–Crippen MR) is 96.2 cm³/mol. The molecule has 0 fully saturated rings. The van der Waals surface area contributed by atoms with Gasteiger partial charge in [0.25, 0.3) is 0 Å². The fourth-order valence-electron chi connectivity index (χ4n) is 2.04. The van der Waals surface area contributed by atoms with Crippen molar-refractivity contribution >= 4 is 43.6 Å². The van der Waals surface area contributed by atoms with Crippen LogP contribution in [0.1, 0.15) is 16.3 Å². The molecule has 25 heavy (non-hydrogen) atoms. The molecule has 0 aliphatic rings. The summed E-state index contributed by atoms with van der Waals surface area (Å²) in [5, 5.41) is 7.74. The number of aromatic nitrogens is 2. The molecule has 2 amide bonds. The van der Waals surface area contributed by atoms with Crippen molar-refractivity contribution in [2.24, 2.45) is 4.99 Å². The monoisotopic (exact) mass is 420 g/mol. The van der Waals surface area contributed by atoms with Crippen LogP contribution in [0, 0.1) is 0 Å². The zero-order valence-electron chi connectivity index (χ0n) is 13.1. The van der Waals surface area contributed by atoms with Crippen LogP contribution in [0.4, 0.5) is 5.69 Å². The van der Waals surface area contributed by atoms with Crippen LogP contribution >= 0.6 is 11.6 Å². The van der Waals surface area contributed by atoms with Gasteiger partial charge in [-0.05, 0) is 0 Å². The fourth-order valence-corrected chi connectivity index (χ4v) is 3.94. The number of para-hydroxylation sites is 1. The molecular weight excluding hydrogens is 407 g/mol. The summed E-state index contributed by atoms with van der Waals surface area (Å²) in [7, 11) is 0. The third-order valence-corrected chi connectivity index (χ3v) is 5.27. The van der Waals surface area contributed by atoms with Crippen LogP contribution in [0.15, 0.2) is 59.6 Å². The number of carbonyl (C=O) groups is 2. The average Bonchev–Trinajstić information content (AvgIpc) is 3.00. The van der Waals surface area contributed by atoms with Gasteiger partial charge in [0.2, 0.25) is 0 Å². The van der Waals surface area contributed by atoms with Crippen LogP contribution in [-0.4, -0.2) is 36.1 Å². The normalized spacial score (nSPS) is 11.4. The molecule has 1 heterocycles. The van der Waals surface area contributed by atoms with Crippen LogP contribution < -0.4 is 9.68 Å². The average molecular weight is 420 g/mol. The van der Waals surface area contributed by atoms with Gasteiger partial charge in [0.1, 0.15) is 0 Å². The van der Waals surface area contributed by atoms with Gasteiger partial charge in [0.15, 0.2) is 0 Å². The summed E-state index contributed by atoms with van der Waals surface area (Å²) in [6, 6.07) is 16.1. The Bertz CT molecular complexity index is 978. The van der Waals surface area contributed by atoms with Crippen molar-refractivity contribution in [2.75, 3.05) is 5.32 Å². The van der Waals surface area contributed by atoms with Crippen LogP contribution in [-0.2, 0) is 4.79 Å². The molecular formula is C17H13ClN4O2Se. The molecule has 3 aromatic rings. The molecule has 0 saturated heterocycles. The molecule has 1 aromatic heterocycles. The van der Waals surface area contributed by atoms with E-state index in [1.807, 2.05) is 18.2 Å². The minimum absolute atomic E-state index is 0.307. The second-order valence-electron chi connectivity index (χ2n) is 5.03. The molecule has 0 radical (unpaired) electrons. The summed E-state index contributed by atoms with van der Waals surface area (Å²) in [5.41, 5.74) is 1.37. The summed E-state index contributed by atoms with van der Waals surface area (Å²) in [6.45, 7) is 1.37. The number of rotatable bonds is 3. The van der Waals surface area contributed by atoms with Crippen molar-refractivity contribution in [1.82, 2.24) is 9.78 Å². The molecule has 0 unspecified atom stereocenters.